The lowest BCUT2D eigenvalue weighted by Gasteiger charge is -2.09. The van der Waals surface area contributed by atoms with Crippen molar-refractivity contribution >= 4 is 22.9 Å². The van der Waals surface area contributed by atoms with E-state index in [1.165, 1.54) is 0 Å². The van der Waals surface area contributed by atoms with Gasteiger partial charge in [0.1, 0.15) is 5.75 Å². The van der Waals surface area contributed by atoms with Crippen LogP contribution in [-0.2, 0) is 6.54 Å². The van der Waals surface area contributed by atoms with Gasteiger partial charge in [-0.15, -0.1) is 0 Å². The third kappa shape index (κ3) is 3.04. The number of hydrogen-bond donors (Lipinski definition) is 1. The fraction of sp³-hybridized carbons (Fsp3) is 0.222. The second kappa shape index (κ2) is 6.52. The summed E-state index contributed by atoms with van der Waals surface area (Å²) in [5.41, 5.74) is 2.42. The number of carbonyl (C=O) groups excluding carboxylic acids is 1. The number of nitrogens with zero attached hydrogens (tertiary/aromatic N) is 2. The molecule has 5 nitrogen and oxygen atoms in total. The molecule has 0 aliphatic rings. The first-order valence-corrected chi connectivity index (χ1v) is 7.72. The van der Waals surface area contributed by atoms with Crippen molar-refractivity contribution in [1.29, 1.82) is 0 Å². The number of amides is 1. The molecule has 3 aromatic rings. The Morgan fingerprint density at radius 3 is 2.78 bits per heavy atom. The van der Waals surface area contributed by atoms with Gasteiger partial charge in [0.2, 0.25) is 5.95 Å². The summed E-state index contributed by atoms with van der Waals surface area (Å²) < 4.78 is 7.42. The van der Waals surface area contributed by atoms with Gasteiger partial charge in [0.25, 0.3) is 5.91 Å². The molecule has 23 heavy (non-hydrogen) atoms. The second-order valence-corrected chi connectivity index (χ2v) is 5.08. The summed E-state index contributed by atoms with van der Waals surface area (Å²) >= 11 is 0. The minimum atomic E-state index is -0.198. The molecule has 1 heterocycles. The number of rotatable bonds is 5. The van der Waals surface area contributed by atoms with Crippen LogP contribution in [0.25, 0.3) is 11.0 Å². The van der Waals surface area contributed by atoms with Gasteiger partial charge in [-0.05, 0) is 44.2 Å². The van der Waals surface area contributed by atoms with E-state index in [1.807, 2.05) is 54.8 Å². The van der Waals surface area contributed by atoms with E-state index >= 15 is 0 Å². The number of ether oxygens (including phenoxy) is 1. The van der Waals surface area contributed by atoms with Crippen molar-refractivity contribution in [2.45, 2.75) is 20.4 Å². The van der Waals surface area contributed by atoms with E-state index in [1.54, 1.807) is 12.1 Å². The Balaban J connectivity index is 1.89. The minimum Gasteiger partial charge on any atom is -0.494 e. The van der Waals surface area contributed by atoms with Gasteiger partial charge < -0.3 is 9.30 Å². The average molecular weight is 309 g/mol. The normalized spacial score (nSPS) is 10.7. The molecule has 118 valence electrons. The summed E-state index contributed by atoms with van der Waals surface area (Å²) in [5.74, 6) is 1.04. The molecule has 0 unspecified atom stereocenters. The fourth-order valence-electron chi connectivity index (χ4n) is 2.56. The number of fused-ring (bicyclic) bond motifs is 1. The Bertz CT molecular complexity index is 839. The highest BCUT2D eigenvalue weighted by molar-refractivity contribution is 6.04. The van der Waals surface area contributed by atoms with Gasteiger partial charge in [-0.25, -0.2) is 4.98 Å². The van der Waals surface area contributed by atoms with Crippen molar-refractivity contribution in [3.63, 3.8) is 0 Å². The van der Waals surface area contributed by atoms with Crippen LogP contribution in [0.1, 0.15) is 24.2 Å². The number of aryl methyl sites for hydroxylation is 1. The summed E-state index contributed by atoms with van der Waals surface area (Å²) in [6, 6.07) is 15.0. The number of aromatic nitrogens is 2. The van der Waals surface area contributed by atoms with Crippen LogP contribution < -0.4 is 10.1 Å². The van der Waals surface area contributed by atoms with Crippen LogP contribution in [0.4, 0.5) is 5.95 Å². The predicted octanol–water partition coefficient (Wildman–Crippen LogP) is 3.71. The number of benzene rings is 2. The second-order valence-electron chi connectivity index (χ2n) is 5.08. The SMILES string of the molecule is CCOc1cccc(C(=O)Nc2nc3ccccc3n2CC)c1. The molecular weight excluding hydrogens is 290 g/mol. The molecule has 1 amide bonds. The predicted molar refractivity (Wildman–Crippen MR) is 91.0 cm³/mol. The summed E-state index contributed by atoms with van der Waals surface area (Å²) in [6.45, 7) is 5.24. The number of nitrogens with one attached hydrogen (secondary N) is 1. The van der Waals surface area contributed by atoms with Gasteiger partial charge in [0.15, 0.2) is 0 Å². The molecule has 0 aliphatic carbocycles. The smallest absolute Gasteiger partial charge is 0.258 e. The molecule has 2 aromatic carbocycles. The molecule has 1 N–H and O–H groups in total. The van der Waals surface area contributed by atoms with Crippen molar-refractivity contribution in [2.75, 3.05) is 11.9 Å². The van der Waals surface area contributed by atoms with E-state index < -0.39 is 0 Å². The highest BCUT2D eigenvalue weighted by atomic mass is 16.5. The van der Waals surface area contributed by atoms with Gasteiger partial charge in [0.05, 0.1) is 17.6 Å². The van der Waals surface area contributed by atoms with Crippen molar-refractivity contribution in [2.24, 2.45) is 0 Å². The lowest BCUT2D eigenvalue weighted by atomic mass is 10.2. The zero-order chi connectivity index (χ0) is 16.2. The largest absolute Gasteiger partial charge is 0.494 e. The topological polar surface area (TPSA) is 56.1 Å². The van der Waals surface area contributed by atoms with Crippen LogP contribution in [0.2, 0.25) is 0 Å². The number of carbonyl (C=O) groups is 1. The van der Waals surface area contributed by atoms with Crippen LogP contribution in [0, 0.1) is 0 Å². The molecule has 1 aromatic heterocycles. The summed E-state index contributed by atoms with van der Waals surface area (Å²) in [7, 11) is 0. The highest BCUT2D eigenvalue weighted by Gasteiger charge is 2.13. The molecule has 0 fully saturated rings. The Morgan fingerprint density at radius 2 is 2.00 bits per heavy atom. The molecule has 0 atom stereocenters. The first-order chi connectivity index (χ1) is 11.2. The van der Waals surface area contributed by atoms with E-state index in [0.29, 0.717) is 23.9 Å². The fourth-order valence-corrected chi connectivity index (χ4v) is 2.56. The molecule has 0 radical (unpaired) electrons. The van der Waals surface area contributed by atoms with E-state index in [4.69, 9.17) is 4.74 Å². The Labute approximate surface area is 134 Å². The van der Waals surface area contributed by atoms with Crippen LogP contribution in [0.3, 0.4) is 0 Å². The lowest BCUT2D eigenvalue weighted by Crippen LogP contribution is -2.15. The van der Waals surface area contributed by atoms with Crippen molar-refractivity contribution in [1.82, 2.24) is 9.55 Å². The Morgan fingerprint density at radius 1 is 1.17 bits per heavy atom. The Hall–Kier alpha value is -2.82. The summed E-state index contributed by atoms with van der Waals surface area (Å²) in [4.78, 5) is 17.0. The summed E-state index contributed by atoms with van der Waals surface area (Å²) in [6.07, 6.45) is 0. The van der Waals surface area contributed by atoms with Gasteiger partial charge in [-0.1, -0.05) is 18.2 Å². The number of para-hydroxylation sites is 2. The maximum atomic E-state index is 12.5. The third-order valence-corrected chi connectivity index (χ3v) is 3.60. The van der Waals surface area contributed by atoms with Crippen molar-refractivity contribution < 1.29 is 9.53 Å². The molecule has 0 bridgehead atoms. The van der Waals surface area contributed by atoms with E-state index in [9.17, 15) is 4.79 Å². The molecule has 0 saturated heterocycles. The average Bonchev–Trinajstić information content (AvgIpc) is 2.92. The standard InChI is InChI=1S/C18H19N3O2/c1-3-21-16-11-6-5-10-15(16)19-18(21)20-17(22)13-8-7-9-14(12-13)23-4-2/h5-12H,3-4H2,1-2H3,(H,19,20,22). The van der Waals surface area contributed by atoms with Crippen LogP contribution >= 0.6 is 0 Å². The van der Waals surface area contributed by atoms with Crippen LogP contribution in [-0.4, -0.2) is 22.1 Å². The van der Waals surface area contributed by atoms with Crippen LogP contribution in [0.15, 0.2) is 48.5 Å². The molecule has 0 spiro atoms. The molecule has 3 rings (SSSR count). The van der Waals surface area contributed by atoms with Crippen LogP contribution in [0.5, 0.6) is 5.75 Å². The lowest BCUT2D eigenvalue weighted by molar-refractivity contribution is 0.102. The first kappa shape index (κ1) is 15.1. The number of imidazole rings is 1. The number of hydrogen-bond acceptors (Lipinski definition) is 3. The van der Waals surface area contributed by atoms with Gasteiger partial charge in [-0.3, -0.25) is 10.1 Å². The summed E-state index contributed by atoms with van der Waals surface area (Å²) in [5, 5.41) is 2.89. The van der Waals surface area contributed by atoms with Crippen molar-refractivity contribution in [3.8, 4) is 5.75 Å². The first-order valence-electron chi connectivity index (χ1n) is 7.72. The van der Waals surface area contributed by atoms with E-state index in [2.05, 4.69) is 10.3 Å². The van der Waals surface area contributed by atoms with E-state index in [-0.39, 0.29) is 5.91 Å². The molecule has 5 heteroatoms. The molecule has 0 saturated carbocycles. The zero-order valence-electron chi connectivity index (χ0n) is 13.2. The monoisotopic (exact) mass is 309 g/mol. The zero-order valence-corrected chi connectivity index (χ0v) is 13.2. The Kier molecular flexibility index (Phi) is 4.28. The van der Waals surface area contributed by atoms with Gasteiger partial charge in [0, 0.05) is 12.1 Å². The molecule has 0 aliphatic heterocycles. The number of anilines is 1. The minimum absolute atomic E-state index is 0.198. The quantitative estimate of drug-likeness (QED) is 0.781. The highest BCUT2D eigenvalue weighted by Crippen LogP contribution is 2.20. The van der Waals surface area contributed by atoms with Gasteiger partial charge >= 0.3 is 0 Å². The third-order valence-electron chi connectivity index (χ3n) is 3.60. The van der Waals surface area contributed by atoms with E-state index in [0.717, 1.165) is 17.6 Å². The van der Waals surface area contributed by atoms with Gasteiger partial charge in [-0.2, -0.15) is 0 Å². The molecular formula is C18H19N3O2. The maximum absolute atomic E-state index is 12.5. The maximum Gasteiger partial charge on any atom is 0.258 e. The van der Waals surface area contributed by atoms with Crippen molar-refractivity contribution in [3.05, 3.63) is 54.1 Å².